The number of halogens is 2. The number of hydrogen-bond acceptors (Lipinski definition) is 2. The van der Waals surface area contributed by atoms with Crippen molar-refractivity contribution in [3.63, 3.8) is 0 Å². The van der Waals surface area contributed by atoms with Crippen LogP contribution < -0.4 is 5.73 Å². The zero-order valence-electron chi connectivity index (χ0n) is 14.9. The van der Waals surface area contributed by atoms with Crippen molar-refractivity contribution in [3.8, 4) is 0 Å². The molecule has 0 aromatic heterocycles. The minimum absolute atomic E-state index is 0. The molecule has 2 N–H and O–H groups in total. The summed E-state index contributed by atoms with van der Waals surface area (Å²) in [6.07, 6.45) is 4.13. The second-order valence-corrected chi connectivity index (χ2v) is 7.27. The minimum Gasteiger partial charge on any atom is -0.381 e. The molecule has 1 aromatic rings. The third-order valence-corrected chi connectivity index (χ3v) is 5.41. The zero-order valence-corrected chi connectivity index (χ0v) is 17.2. The van der Waals surface area contributed by atoms with E-state index < -0.39 is 0 Å². The van der Waals surface area contributed by atoms with Crippen molar-refractivity contribution in [2.24, 2.45) is 16.6 Å². The van der Waals surface area contributed by atoms with Crippen molar-refractivity contribution >= 4 is 29.9 Å². The Morgan fingerprint density at radius 3 is 2.84 bits per heavy atom. The Kier molecular flexibility index (Phi) is 7.49. The van der Waals surface area contributed by atoms with Gasteiger partial charge in [-0.2, -0.15) is 0 Å². The second kappa shape index (κ2) is 9.16. The molecule has 6 heteroatoms. The molecule has 2 fully saturated rings. The fraction of sp³-hybridized carbons (Fsp3) is 0.632. The van der Waals surface area contributed by atoms with E-state index in [9.17, 15) is 4.39 Å². The summed E-state index contributed by atoms with van der Waals surface area (Å²) >= 11 is 0. The van der Waals surface area contributed by atoms with Gasteiger partial charge in [0.25, 0.3) is 0 Å². The highest BCUT2D eigenvalue weighted by atomic mass is 127. The Balaban J connectivity index is 0.00000225. The highest BCUT2D eigenvalue weighted by molar-refractivity contribution is 14.0. The van der Waals surface area contributed by atoms with Crippen LogP contribution in [0.2, 0.25) is 0 Å². The van der Waals surface area contributed by atoms with E-state index in [1.807, 2.05) is 6.07 Å². The largest absolute Gasteiger partial charge is 0.381 e. The number of guanidine groups is 1. The van der Waals surface area contributed by atoms with Crippen molar-refractivity contribution in [3.05, 3.63) is 35.6 Å². The van der Waals surface area contributed by atoms with Crippen LogP contribution in [0.1, 0.15) is 38.2 Å². The van der Waals surface area contributed by atoms with E-state index in [2.05, 4.69) is 11.8 Å². The summed E-state index contributed by atoms with van der Waals surface area (Å²) in [7, 11) is 0. The number of benzene rings is 1. The van der Waals surface area contributed by atoms with Gasteiger partial charge >= 0.3 is 0 Å². The van der Waals surface area contributed by atoms with Crippen LogP contribution >= 0.6 is 24.0 Å². The number of nitrogens with zero attached hydrogens (tertiary/aromatic N) is 2. The fourth-order valence-electron chi connectivity index (χ4n) is 3.85. The SMILES string of the molecule is CC1CCCN(C(N)=NCC2(c3cccc(F)c3)CCOCC2)C1.I. The van der Waals surface area contributed by atoms with Crippen LogP contribution in [0.5, 0.6) is 0 Å². The third-order valence-electron chi connectivity index (χ3n) is 5.41. The van der Waals surface area contributed by atoms with Crippen molar-refractivity contribution in [1.82, 2.24) is 4.90 Å². The summed E-state index contributed by atoms with van der Waals surface area (Å²) in [6.45, 7) is 6.18. The second-order valence-electron chi connectivity index (χ2n) is 7.27. The first kappa shape index (κ1) is 20.4. The van der Waals surface area contributed by atoms with Gasteiger partial charge in [0.05, 0.1) is 6.54 Å². The lowest BCUT2D eigenvalue weighted by Gasteiger charge is -2.37. The number of aliphatic imine (C=N–C) groups is 1. The lowest BCUT2D eigenvalue weighted by atomic mass is 9.74. The van der Waals surface area contributed by atoms with Crippen LogP contribution in [-0.4, -0.2) is 43.7 Å². The maximum atomic E-state index is 13.7. The summed E-state index contributed by atoms with van der Waals surface area (Å²) in [5.74, 6) is 1.09. The van der Waals surface area contributed by atoms with Crippen LogP contribution in [-0.2, 0) is 10.2 Å². The molecule has 2 heterocycles. The highest BCUT2D eigenvalue weighted by Gasteiger charge is 2.35. The van der Waals surface area contributed by atoms with Gasteiger partial charge in [-0.25, -0.2) is 4.39 Å². The molecule has 1 aromatic carbocycles. The number of likely N-dealkylation sites (tertiary alicyclic amines) is 1. The number of rotatable bonds is 3. The van der Waals surface area contributed by atoms with E-state index in [4.69, 9.17) is 15.5 Å². The molecule has 25 heavy (non-hydrogen) atoms. The Bertz CT molecular complexity index is 590. The quantitative estimate of drug-likeness (QED) is 0.426. The van der Waals surface area contributed by atoms with E-state index in [1.54, 1.807) is 12.1 Å². The first-order chi connectivity index (χ1) is 11.6. The lowest BCUT2D eigenvalue weighted by Crippen LogP contribution is -2.45. The molecule has 0 spiro atoms. The van der Waals surface area contributed by atoms with Crippen LogP contribution in [0, 0.1) is 11.7 Å². The van der Waals surface area contributed by atoms with Crippen LogP contribution in [0.15, 0.2) is 29.3 Å². The smallest absolute Gasteiger partial charge is 0.191 e. The van der Waals surface area contributed by atoms with E-state index >= 15 is 0 Å². The first-order valence-electron chi connectivity index (χ1n) is 8.98. The number of piperidine rings is 1. The monoisotopic (exact) mass is 461 g/mol. The van der Waals surface area contributed by atoms with Gasteiger partial charge in [-0.05, 0) is 49.3 Å². The topological polar surface area (TPSA) is 50.8 Å². The molecule has 1 atom stereocenters. The molecule has 2 aliphatic heterocycles. The molecule has 3 rings (SSSR count). The van der Waals surface area contributed by atoms with Gasteiger partial charge < -0.3 is 15.4 Å². The molecule has 1 unspecified atom stereocenters. The molecule has 0 amide bonds. The standard InChI is InChI=1S/C19H28FN3O.HI/c1-15-4-3-9-23(13-15)18(21)22-14-19(7-10-24-11-8-19)16-5-2-6-17(20)12-16;/h2,5-6,12,15H,3-4,7-11,13-14H2,1H3,(H2,21,22);1H. The average molecular weight is 461 g/mol. The molecular weight excluding hydrogens is 432 g/mol. The first-order valence-corrected chi connectivity index (χ1v) is 8.98. The predicted octanol–water partition coefficient (Wildman–Crippen LogP) is 3.54. The molecule has 2 aliphatic rings. The van der Waals surface area contributed by atoms with Gasteiger partial charge in [-0.3, -0.25) is 4.99 Å². The van der Waals surface area contributed by atoms with E-state index in [1.165, 1.54) is 18.9 Å². The highest BCUT2D eigenvalue weighted by Crippen LogP contribution is 2.35. The maximum absolute atomic E-state index is 13.7. The predicted molar refractivity (Wildman–Crippen MR) is 110 cm³/mol. The van der Waals surface area contributed by atoms with Crippen LogP contribution in [0.4, 0.5) is 4.39 Å². The van der Waals surface area contributed by atoms with Crippen molar-refractivity contribution in [1.29, 1.82) is 0 Å². The summed E-state index contributed by atoms with van der Waals surface area (Å²) < 4.78 is 19.3. The molecule has 140 valence electrons. The number of ether oxygens (including phenoxy) is 1. The van der Waals surface area contributed by atoms with Crippen molar-refractivity contribution in [2.75, 3.05) is 32.8 Å². The van der Waals surface area contributed by atoms with Crippen molar-refractivity contribution in [2.45, 2.75) is 38.0 Å². The van der Waals surface area contributed by atoms with Gasteiger partial charge in [0.1, 0.15) is 5.82 Å². The minimum atomic E-state index is -0.194. The molecular formula is C19H29FIN3O. The molecule has 0 aliphatic carbocycles. The van der Waals surface area contributed by atoms with E-state index in [0.717, 1.165) is 31.5 Å². The zero-order chi connectivity index (χ0) is 17.0. The molecule has 0 bridgehead atoms. The molecule has 4 nitrogen and oxygen atoms in total. The number of nitrogens with two attached hydrogens (primary N) is 1. The average Bonchev–Trinajstić information content (AvgIpc) is 2.60. The van der Waals surface area contributed by atoms with Crippen LogP contribution in [0.25, 0.3) is 0 Å². The van der Waals surface area contributed by atoms with Gasteiger partial charge in [0.15, 0.2) is 5.96 Å². The summed E-state index contributed by atoms with van der Waals surface area (Å²) in [4.78, 5) is 6.91. The Morgan fingerprint density at radius 2 is 2.16 bits per heavy atom. The normalized spacial score (nSPS) is 23.8. The number of hydrogen-bond donors (Lipinski definition) is 1. The van der Waals surface area contributed by atoms with E-state index in [-0.39, 0.29) is 35.2 Å². The van der Waals surface area contributed by atoms with Crippen LogP contribution in [0.3, 0.4) is 0 Å². The maximum Gasteiger partial charge on any atom is 0.191 e. The Labute approximate surface area is 167 Å². The van der Waals surface area contributed by atoms with Gasteiger partial charge in [0, 0.05) is 31.7 Å². The van der Waals surface area contributed by atoms with Gasteiger partial charge in [0.2, 0.25) is 0 Å². The molecule has 2 saturated heterocycles. The van der Waals surface area contributed by atoms with Gasteiger partial charge in [-0.15, -0.1) is 24.0 Å². The molecule has 0 radical (unpaired) electrons. The Morgan fingerprint density at radius 1 is 1.40 bits per heavy atom. The van der Waals surface area contributed by atoms with Gasteiger partial charge in [-0.1, -0.05) is 19.1 Å². The summed E-state index contributed by atoms with van der Waals surface area (Å²) in [6, 6.07) is 6.91. The lowest BCUT2D eigenvalue weighted by molar-refractivity contribution is 0.0529. The third kappa shape index (κ3) is 5.06. The van der Waals surface area contributed by atoms with Crippen molar-refractivity contribution < 1.29 is 9.13 Å². The fourth-order valence-corrected chi connectivity index (χ4v) is 3.85. The Hall–Kier alpha value is -0.890. The van der Waals surface area contributed by atoms with E-state index in [0.29, 0.717) is 31.6 Å². The molecule has 0 saturated carbocycles. The summed E-state index contributed by atoms with van der Waals surface area (Å²) in [5, 5.41) is 0. The summed E-state index contributed by atoms with van der Waals surface area (Å²) in [5.41, 5.74) is 7.10.